The number of esters is 1. The van der Waals surface area contributed by atoms with E-state index < -0.39 is 0 Å². The summed E-state index contributed by atoms with van der Waals surface area (Å²) < 4.78 is 6.45. The lowest BCUT2D eigenvalue weighted by Crippen LogP contribution is -2.43. The van der Waals surface area contributed by atoms with Crippen LogP contribution in [0.25, 0.3) is 11.4 Å². The Bertz CT molecular complexity index is 1030. The highest BCUT2D eigenvalue weighted by molar-refractivity contribution is 6.30. The van der Waals surface area contributed by atoms with Crippen molar-refractivity contribution in [3.8, 4) is 11.4 Å². The first-order chi connectivity index (χ1) is 15.3. The summed E-state index contributed by atoms with van der Waals surface area (Å²) in [7, 11) is 0. The Hall–Kier alpha value is -2.71. The minimum Gasteiger partial charge on any atom is -0.466 e. The number of carbonyl (C=O) groups excluding carboxylic acids is 2. The third kappa shape index (κ3) is 5.37. The molecule has 3 rings (SSSR count). The highest BCUT2D eigenvalue weighted by atomic mass is 35.5. The molecule has 1 aromatic carbocycles. The van der Waals surface area contributed by atoms with E-state index in [2.05, 4.69) is 4.98 Å². The van der Waals surface area contributed by atoms with Gasteiger partial charge in [0.1, 0.15) is 12.4 Å². The van der Waals surface area contributed by atoms with E-state index in [-0.39, 0.29) is 42.9 Å². The number of hydrogen-bond donors (Lipinski definition) is 1. The van der Waals surface area contributed by atoms with Crippen LogP contribution in [0.15, 0.2) is 29.1 Å². The highest BCUT2D eigenvalue weighted by Crippen LogP contribution is 2.22. The van der Waals surface area contributed by atoms with Gasteiger partial charge < -0.3 is 14.7 Å². The number of aromatic nitrogens is 2. The van der Waals surface area contributed by atoms with Crippen molar-refractivity contribution in [2.75, 3.05) is 26.3 Å². The van der Waals surface area contributed by atoms with Crippen molar-refractivity contribution >= 4 is 23.5 Å². The molecule has 0 aliphatic carbocycles. The van der Waals surface area contributed by atoms with Crippen LogP contribution in [0.1, 0.15) is 31.0 Å². The first kappa shape index (κ1) is 23.9. The molecule has 2 heterocycles. The zero-order valence-corrected chi connectivity index (χ0v) is 19.1. The Labute approximate surface area is 191 Å². The molecule has 0 spiro atoms. The number of aliphatic hydroxyl groups excluding tert-OH is 1. The fourth-order valence-electron chi connectivity index (χ4n) is 3.93. The lowest BCUT2D eigenvalue weighted by molar-refractivity contribution is -0.151. The van der Waals surface area contributed by atoms with Gasteiger partial charge in [0, 0.05) is 48.0 Å². The van der Waals surface area contributed by atoms with Gasteiger partial charge in [-0.05, 0) is 51.0 Å². The summed E-state index contributed by atoms with van der Waals surface area (Å²) in [6.07, 6.45) is 1.23. The summed E-state index contributed by atoms with van der Waals surface area (Å²) in [5, 5.41) is 9.92. The van der Waals surface area contributed by atoms with Crippen LogP contribution in [0, 0.1) is 12.8 Å². The maximum Gasteiger partial charge on any atom is 0.309 e. The second kappa shape index (κ2) is 10.7. The minimum absolute atomic E-state index is 0.164. The Morgan fingerprint density at radius 2 is 1.88 bits per heavy atom. The maximum absolute atomic E-state index is 13.2. The van der Waals surface area contributed by atoms with Gasteiger partial charge in [0.15, 0.2) is 0 Å². The van der Waals surface area contributed by atoms with E-state index >= 15 is 0 Å². The SMILES string of the molecule is CCOC(=O)C1CCN(C(=O)Cn2c(-c3ccc(Cl)cc3)nc(C)c(CCO)c2=O)CC1. The van der Waals surface area contributed by atoms with Crippen molar-refractivity contribution < 1.29 is 19.4 Å². The van der Waals surface area contributed by atoms with Crippen LogP contribution >= 0.6 is 11.6 Å². The molecule has 0 bridgehead atoms. The molecule has 1 aromatic heterocycles. The van der Waals surface area contributed by atoms with Crippen LogP contribution < -0.4 is 5.56 Å². The molecule has 1 aliphatic heterocycles. The Morgan fingerprint density at radius 1 is 1.22 bits per heavy atom. The largest absolute Gasteiger partial charge is 0.466 e. The molecule has 0 radical (unpaired) electrons. The van der Waals surface area contributed by atoms with Crippen LogP contribution in [0.3, 0.4) is 0 Å². The molecule has 1 saturated heterocycles. The topological polar surface area (TPSA) is 102 Å². The third-order valence-corrected chi connectivity index (χ3v) is 5.95. The fraction of sp³-hybridized carbons (Fsp3) is 0.478. The molecule has 1 N–H and O–H groups in total. The standard InChI is InChI=1S/C23H28ClN3O5/c1-3-32-23(31)17-8-11-26(12-9-17)20(29)14-27-21(16-4-6-18(24)7-5-16)25-15(2)19(10-13-28)22(27)30/h4-7,17,28H,3,8-14H2,1-2H3. The molecular weight excluding hydrogens is 434 g/mol. The van der Waals surface area contributed by atoms with Gasteiger partial charge in [-0.2, -0.15) is 0 Å². The van der Waals surface area contributed by atoms with Gasteiger partial charge in [0.05, 0.1) is 12.5 Å². The Kier molecular flexibility index (Phi) is 8.04. The predicted molar refractivity (Wildman–Crippen MR) is 120 cm³/mol. The van der Waals surface area contributed by atoms with E-state index in [0.717, 1.165) is 0 Å². The van der Waals surface area contributed by atoms with Gasteiger partial charge in [-0.1, -0.05) is 11.6 Å². The van der Waals surface area contributed by atoms with Crippen molar-refractivity contribution in [3.05, 3.63) is 50.9 Å². The maximum atomic E-state index is 13.2. The molecule has 1 fully saturated rings. The Balaban J connectivity index is 1.87. The number of ether oxygens (including phenoxy) is 1. The van der Waals surface area contributed by atoms with Crippen molar-refractivity contribution in [3.63, 3.8) is 0 Å². The van der Waals surface area contributed by atoms with Crippen molar-refractivity contribution in [1.29, 1.82) is 0 Å². The van der Waals surface area contributed by atoms with E-state index in [4.69, 9.17) is 16.3 Å². The second-order valence-electron chi connectivity index (χ2n) is 7.78. The minimum atomic E-state index is -0.341. The molecule has 9 heteroatoms. The monoisotopic (exact) mass is 461 g/mol. The van der Waals surface area contributed by atoms with Crippen molar-refractivity contribution in [2.24, 2.45) is 5.92 Å². The predicted octanol–water partition coefficient (Wildman–Crippen LogP) is 2.21. The number of nitrogens with zero attached hydrogens (tertiary/aromatic N) is 3. The van der Waals surface area contributed by atoms with Crippen molar-refractivity contribution in [2.45, 2.75) is 39.7 Å². The molecule has 2 aromatic rings. The van der Waals surface area contributed by atoms with Gasteiger partial charge in [-0.3, -0.25) is 19.0 Å². The smallest absolute Gasteiger partial charge is 0.309 e. The number of rotatable bonds is 7. The van der Waals surface area contributed by atoms with Gasteiger partial charge in [-0.15, -0.1) is 0 Å². The van der Waals surface area contributed by atoms with Crippen LogP contribution in [0.2, 0.25) is 5.02 Å². The summed E-state index contributed by atoms with van der Waals surface area (Å²) in [6, 6.07) is 6.90. The van der Waals surface area contributed by atoms with Crippen molar-refractivity contribution in [1.82, 2.24) is 14.5 Å². The summed E-state index contributed by atoms with van der Waals surface area (Å²) >= 11 is 6.00. The van der Waals surface area contributed by atoms with Gasteiger partial charge in [0.25, 0.3) is 5.56 Å². The van der Waals surface area contributed by atoms with E-state index in [0.29, 0.717) is 60.2 Å². The molecule has 0 saturated carbocycles. The Morgan fingerprint density at radius 3 is 2.47 bits per heavy atom. The van der Waals surface area contributed by atoms with E-state index in [1.165, 1.54) is 4.57 Å². The average Bonchev–Trinajstić information content (AvgIpc) is 2.79. The van der Waals surface area contributed by atoms with Crippen LogP contribution in [-0.2, 0) is 27.3 Å². The lowest BCUT2D eigenvalue weighted by Gasteiger charge is -2.31. The summed E-state index contributed by atoms with van der Waals surface area (Å²) in [4.78, 5) is 44.5. The first-order valence-corrected chi connectivity index (χ1v) is 11.1. The zero-order valence-electron chi connectivity index (χ0n) is 18.3. The van der Waals surface area contributed by atoms with E-state index in [1.54, 1.807) is 43.0 Å². The van der Waals surface area contributed by atoms with Gasteiger partial charge >= 0.3 is 5.97 Å². The molecule has 0 unspecified atom stereocenters. The number of hydrogen-bond acceptors (Lipinski definition) is 6. The number of carbonyl (C=O) groups is 2. The van der Waals surface area contributed by atoms with Gasteiger partial charge in [-0.25, -0.2) is 4.98 Å². The van der Waals surface area contributed by atoms with Crippen LogP contribution in [0.5, 0.6) is 0 Å². The number of likely N-dealkylation sites (tertiary alicyclic amines) is 1. The number of benzene rings is 1. The quantitative estimate of drug-likeness (QED) is 0.634. The highest BCUT2D eigenvalue weighted by Gasteiger charge is 2.29. The first-order valence-electron chi connectivity index (χ1n) is 10.8. The second-order valence-corrected chi connectivity index (χ2v) is 8.21. The molecular formula is C23H28ClN3O5. The molecule has 1 amide bonds. The number of piperidine rings is 1. The van der Waals surface area contributed by atoms with E-state index in [9.17, 15) is 19.5 Å². The molecule has 8 nitrogen and oxygen atoms in total. The van der Waals surface area contributed by atoms with E-state index in [1.807, 2.05) is 0 Å². The fourth-order valence-corrected chi connectivity index (χ4v) is 4.05. The summed E-state index contributed by atoms with van der Waals surface area (Å²) in [5.74, 6) is -0.272. The van der Waals surface area contributed by atoms with Crippen LogP contribution in [0.4, 0.5) is 0 Å². The number of aryl methyl sites for hydroxylation is 1. The average molecular weight is 462 g/mol. The number of halogens is 1. The normalized spacial score (nSPS) is 14.4. The number of aliphatic hydroxyl groups is 1. The third-order valence-electron chi connectivity index (χ3n) is 5.69. The molecule has 0 atom stereocenters. The molecule has 32 heavy (non-hydrogen) atoms. The molecule has 172 valence electrons. The summed E-state index contributed by atoms with van der Waals surface area (Å²) in [6.45, 7) is 4.32. The number of amides is 1. The molecule has 1 aliphatic rings. The summed E-state index contributed by atoms with van der Waals surface area (Å²) in [5.41, 5.74) is 1.23. The van der Waals surface area contributed by atoms with Crippen LogP contribution in [-0.4, -0.2) is 57.7 Å². The zero-order chi connectivity index (χ0) is 23.3. The van der Waals surface area contributed by atoms with Gasteiger partial charge in [0.2, 0.25) is 5.91 Å². The lowest BCUT2D eigenvalue weighted by atomic mass is 9.97.